The predicted molar refractivity (Wildman–Crippen MR) is 89.0 cm³/mol. The van der Waals surface area contributed by atoms with Crippen LogP contribution in [0.5, 0.6) is 0 Å². The Morgan fingerprint density at radius 1 is 1.22 bits per heavy atom. The largest absolute Gasteiger partial charge is 0.351 e. The summed E-state index contributed by atoms with van der Waals surface area (Å²) >= 11 is 0. The summed E-state index contributed by atoms with van der Waals surface area (Å²) in [5, 5.41) is 13.0. The van der Waals surface area contributed by atoms with E-state index in [0.717, 1.165) is 29.8 Å². The SMILES string of the molecule is Cc1cnc(NC2CCCCC2)nc1C(C#N)c1ccccn1. The monoisotopic (exact) mass is 307 g/mol. The maximum Gasteiger partial charge on any atom is 0.223 e. The Bertz CT molecular complexity index is 686. The average molecular weight is 307 g/mol. The number of rotatable bonds is 4. The first-order valence-electron chi connectivity index (χ1n) is 8.18. The molecule has 3 rings (SSSR count). The molecule has 0 aliphatic heterocycles. The molecule has 0 radical (unpaired) electrons. The molecule has 2 aromatic rings. The molecule has 23 heavy (non-hydrogen) atoms. The minimum atomic E-state index is -0.467. The van der Waals surface area contributed by atoms with Gasteiger partial charge in [-0.1, -0.05) is 25.3 Å². The van der Waals surface area contributed by atoms with Crippen LogP contribution in [0.2, 0.25) is 0 Å². The summed E-state index contributed by atoms with van der Waals surface area (Å²) in [5.41, 5.74) is 2.37. The number of nitrogens with zero attached hydrogens (tertiary/aromatic N) is 4. The molecule has 118 valence electrons. The molecular weight excluding hydrogens is 286 g/mol. The van der Waals surface area contributed by atoms with Crippen LogP contribution in [0.1, 0.15) is 55.0 Å². The minimum Gasteiger partial charge on any atom is -0.351 e. The lowest BCUT2D eigenvalue weighted by Gasteiger charge is -2.23. The van der Waals surface area contributed by atoms with Gasteiger partial charge in [-0.2, -0.15) is 5.26 Å². The van der Waals surface area contributed by atoms with Crippen molar-refractivity contribution < 1.29 is 0 Å². The quantitative estimate of drug-likeness (QED) is 0.934. The smallest absolute Gasteiger partial charge is 0.223 e. The summed E-state index contributed by atoms with van der Waals surface area (Å²) in [7, 11) is 0. The Hall–Kier alpha value is -2.48. The second-order valence-electron chi connectivity index (χ2n) is 6.06. The molecule has 1 unspecified atom stereocenters. The maximum atomic E-state index is 9.60. The van der Waals surface area contributed by atoms with Gasteiger partial charge in [-0.3, -0.25) is 4.98 Å². The second kappa shape index (κ2) is 7.19. The van der Waals surface area contributed by atoms with Gasteiger partial charge in [0.05, 0.1) is 17.5 Å². The van der Waals surface area contributed by atoms with Crippen molar-refractivity contribution in [1.82, 2.24) is 15.0 Å². The number of anilines is 1. The Labute approximate surface area is 136 Å². The fraction of sp³-hybridized carbons (Fsp3) is 0.444. The van der Waals surface area contributed by atoms with Gasteiger partial charge in [0.1, 0.15) is 5.92 Å². The highest BCUT2D eigenvalue weighted by Gasteiger charge is 2.21. The summed E-state index contributed by atoms with van der Waals surface area (Å²) < 4.78 is 0. The van der Waals surface area contributed by atoms with E-state index in [1.54, 1.807) is 12.4 Å². The van der Waals surface area contributed by atoms with E-state index in [9.17, 15) is 5.26 Å². The van der Waals surface area contributed by atoms with Crippen molar-refractivity contribution in [2.45, 2.75) is 51.0 Å². The third kappa shape index (κ3) is 3.65. The third-order valence-electron chi connectivity index (χ3n) is 4.34. The van der Waals surface area contributed by atoms with Gasteiger partial charge in [-0.25, -0.2) is 9.97 Å². The highest BCUT2D eigenvalue weighted by molar-refractivity contribution is 5.38. The number of nitrogens with one attached hydrogen (secondary N) is 1. The lowest BCUT2D eigenvalue weighted by molar-refractivity contribution is 0.460. The van der Waals surface area contributed by atoms with Crippen LogP contribution in [0.3, 0.4) is 0 Å². The Balaban J connectivity index is 1.86. The summed E-state index contributed by atoms with van der Waals surface area (Å²) in [6, 6.07) is 8.37. The van der Waals surface area contributed by atoms with Crippen LogP contribution in [-0.4, -0.2) is 21.0 Å². The topological polar surface area (TPSA) is 74.5 Å². The molecule has 0 amide bonds. The van der Waals surface area contributed by atoms with Crippen LogP contribution in [0.4, 0.5) is 5.95 Å². The first-order valence-corrected chi connectivity index (χ1v) is 8.18. The van der Waals surface area contributed by atoms with Crippen LogP contribution < -0.4 is 5.32 Å². The number of aromatic nitrogens is 3. The first kappa shape index (κ1) is 15.4. The summed E-state index contributed by atoms with van der Waals surface area (Å²) in [4.78, 5) is 13.3. The molecule has 0 spiro atoms. The summed E-state index contributed by atoms with van der Waals surface area (Å²) in [6.45, 7) is 1.94. The van der Waals surface area contributed by atoms with E-state index in [-0.39, 0.29) is 0 Å². The number of aryl methyl sites for hydroxylation is 1. The van der Waals surface area contributed by atoms with Crippen molar-refractivity contribution in [2.75, 3.05) is 5.32 Å². The van der Waals surface area contributed by atoms with Crippen molar-refractivity contribution in [1.29, 1.82) is 5.26 Å². The summed E-state index contributed by atoms with van der Waals surface area (Å²) in [6.07, 6.45) is 9.64. The average Bonchev–Trinajstić information content (AvgIpc) is 2.60. The highest BCUT2D eigenvalue weighted by atomic mass is 15.1. The first-order chi connectivity index (χ1) is 11.3. The van der Waals surface area contributed by atoms with Gasteiger partial charge in [-0.15, -0.1) is 0 Å². The van der Waals surface area contributed by atoms with E-state index in [2.05, 4.69) is 26.3 Å². The molecule has 1 saturated carbocycles. The van der Waals surface area contributed by atoms with Crippen LogP contribution in [0, 0.1) is 18.3 Å². The zero-order valence-electron chi connectivity index (χ0n) is 13.4. The van der Waals surface area contributed by atoms with Gasteiger partial charge in [0.25, 0.3) is 0 Å². The van der Waals surface area contributed by atoms with E-state index in [1.165, 1.54) is 19.3 Å². The molecule has 1 aliphatic rings. The van der Waals surface area contributed by atoms with Gasteiger partial charge in [0, 0.05) is 18.4 Å². The zero-order chi connectivity index (χ0) is 16.1. The van der Waals surface area contributed by atoms with Crippen LogP contribution in [0.25, 0.3) is 0 Å². The van der Waals surface area contributed by atoms with Gasteiger partial charge in [-0.05, 0) is 37.5 Å². The van der Waals surface area contributed by atoms with Crippen LogP contribution in [0.15, 0.2) is 30.6 Å². The Kier molecular flexibility index (Phi) is 4.82. The molecule has 1 aliphatic carbocycles. The van der Waals surface area contributed by atoms with Crippen LogP contribution in [-0.2, 0) is 0 Å². The Morgan fingerprint density at radius 3 is 2.74 bits per heavy atom. The van der Waals surface area contributed by atoms with E-state index in [0.29, 0.717) is 12.0 Å². The van der Waals surface area contributed by atoms with E-state index >= 15 is 0 Å². The molecule has 0 saturated heterocycles. The van der Waals surface area contributed by atoms with Gasteiger partial charge in [0.15, 0.2) is 0 Å². The molecule has 2 aromatic heterocycles. The van der Waals surface area contributed by atoms with Gasteiger partial charge in [0.2, 0.25) is 5.95 Å². The molecule has 1 atom stereocenters. The highest BCUT2D eigenvalue weighted by Crippen LogP contribution is 2.25. The maximum absolute atomic E-state index is 9.60. The molecule has 5 heteroatoms. The molecule has 0 bridgehead atoms. The zero-order valence-corrected chi connectivity index (χ0v) is 13.4. The fourth-order valence-electron chi connectivity index (χ4n) is 3.06. The van der Waals surface area contributed by atoms with Crippen molar-refractivity contribution in [3.05, 3.63) is 47.5 Å². The van der Waals surface area contributed by atoms with E-state index < -0.39 is 5.92 Å². The molecular formula is C18H21N5. The van der Waals surface area contributed by atoms with E-state index in [1.807, 2.05) is 25.1 Å². The molecule has 1 fully saturated rings. The summed E-state index contributed by atoms with van der Waals surface area (Å²) in [5.74, 6) is 0.153. The number of hydrogen-bond acceptors (Lipinski definition) is 5. The van der Waals surface area contributed by atoms with E-state index in [4.69, 9.17) is 0 Å². The van der Waals surface area contributed by atoms with Crippen LogP contribution >= 0.6 is 0 Å². The normalized spacial score (nSPS) is 16.5. The third-order valence-corrected chi connectivity index (χ3v) is 4.34. The second-order valence-corrected chi connectivity index (χ2v) is 6.06. The molecule has 2 heterocycles. The van der Waals surface area contributed by atoms with Crippen molar-refractivity contribution in [3.63, 3.8) is 0 Å². The van der Waals surface area contributed by atoms with Gasteiger partial charge >= 0.3 is 0 Å². The Morgan fingerprint density at radius 2 is 2.04 bits per heavy atom. The fourth-order valence-corrected chi connectivity index (χ4v) is 3.06. The molecule has 5 nitrogen and oxygen atoms in total. The number of hydrogen-bond donors (Lipinski definition) is 1. The van der Waals surface area contributed by atoms with Crippen molar-refractivity contribution in [3.8, 4) is 6.07 Å². The van der Waals surface area contributed by atoms with Crippen molar-refractivity contribution >= 4 is 5.95 Å². The number of pyridine rings is 1. The van der Waals surface area contributed by atoms with Gasteiger partial charge < -0.3 is 5.32 Å². The molecule has 0 aromatic carbocycles. The van der Waals surface area contributed by atoms with Crippen molar-refractivity contribution in [2.24, 2.45) is 0 Å². The minimum absolute atomic E-state index is 0.440. The lowest BCUT2D eigenvalue weighted by atomic mass is 9.95. The predicted octanol–water partition coefficient (Wildman–Crippen LogP) is 3.58. The standard InChI is InChI=1S/C18H21N5/c1-13-12-21-18(22-14-7-3-2-4-8-14)23-17(13)15(11-19)16-9-5-6-10-20-16/h5-6,9-10,12,14-15H,2-4,7-8H2,1H3,(H,21,22,23). The molecule has 1 N–H and O–H groups in total. The lowest BCUT2D eigenvalue weighted by Crippen LogP contribution is -2.24. The number of nitriles is 1.